The third-order valence-corrected chi connectivity index (χ3v) is 10.4. The molecule has 1 aliphatic carbocycles. The van der Waals surface area contributed by atoms with Crippen molar-refractivity contribution in [1.29, 1.82) is 0 Å². The molecule has 0 aliphatic heterocycles. The lowest BCUT2D eigenvalue weighted by Crippen LogP contribution is -1.94. The van der Waals surface area contributed by atoms with Crippen molar-refractivity contribution in [3.8, 4) is 50.2 Å². The second kappa shape index (κ2) is 9.57. The van der Waals surface area contributed by atoms with Crippen LogP contribution in [-0.4, -0.2) is 9.55 Å². The third-order valence-electron chi connectivity index (χ3n) is 10.4. The van der Waals surface area contributed by atoms with Gasteiger partial charge in [0.15, 0.2) is 0 Å². The van der Waals surface area contributed by atoms with Crippen molar-refractivity contribution in [3.05, 3.63) is 164 Å². The Labute approximate surface area is 277 Å². The minimum absolute atomic E-state index is 1.17. The standard InChI is InChI=1S/C46H28N2/c1-2-10-28(11-3-1)29-12-8-13-32(24-29)48-43-19-7-6-16-35(43)38-25-31(21-23-44(38)48)30-20-22-41-40(26-30)46-37-18-9-17-36-33-14-4-5-15-34(33)39(45(36)37)27-42(46)47-41/h1-27,47H. The highest BCUT2D eigenvalue weighted by atomic mass is 15.0. The molecule has 0 unspecified atom stereocenters. The second-order valence-corrected chi connectivity index (χ2v) is 13.0. The van der Waals surface area contributed by atoms with E-state index in [1.54, 1.807) is 0 Å². The molecule has 0 atom stereocenters. The van der Waals surface area contributed by atoms with Crippen LogP contribution in [0.25, 0.3) is 105 Å². The fourth-order valence-corrected chi connectivity index (χ4v) is 8.33. The molecule has 48 heavy (non-hydrogen) atoms. The van der Waals surface area contributed by atoms with Crippen LogP contribution in [0.3, 0.4) is 0 Å². The first-order chi connectivity index (χ1) is 23.8. The average molecular weight is 609 g/mol. The number of rotatable bonds is 3. The van der Waals surface area contributed by atoms with Gasteiger partial charge in [-0.15, -0.1) is 0 Å². The van der Waals surface area contributed by atoms with Gasteiger partial charge >= 0.3 is 0 Å². The van der Waals surface area contributed by atoms with Gasteiger partial charge in [-0.3, -0.25) is 0 Å². The minimum atomic E-state index is 1.17. The molecule has 1 N–H and O–H groups in total. The minimum Gasteiger partial charge on any atom is -0.354 e. The van der Waals surface area contributed by atoms with Crippen molar-refractivity contribution < 1.29 is 0 Å². The van der Waals surface area contributed by atoms with Gasteiger partial charge in [-0.25, -0.2) is 0 Å². The van der Waals surface area contributed by atoms with Crippen LogP contribution in [0.5, 0.6) is 0 Å². The Bertz CT molecular complexity index is 2940. The van der Waals surface area contributed by atoms with Gasteiger partial charge in [0.25, 0.3) is 0 Å². The van der Waals surface area contributed by atoms with Crippen LogP contribution in [0.15, 0.2) is 164 Å². The molecule has 10 aromatic rings. The highest BCUT2D eigenvalue weighted by molar-refractivity contribution is 6.29. The Balaban J connectivity index is 1.10. The summed E-state index contributed by atoms with van der Waals surface area (Å²) in [6.07, 6.45) is 0. The molecule has 0 spiro atoms. The average Bonchev–Trinajstić information content (AvgIpc) is 3.80. The predicted octanol–water partition coefficient (Wildman–Crippen LogP) is 12.6. The van der Waals surface area contributed by atoms with E-state index in [4.69, 9.17) is 0 Å². The first-order valence-corrected chi connectivity index (χ1v) is 16.6. The fourth-order valence-electron chi connectivity index (χ4n) is 8.33. The summed E-state index contributed by atoms with van der Waals surface area (Å²) < 4.78 is 2.41. The highest BCUT2D eigenvalue weighted by Crippen LogP contribution is 2.50. The summed E-state index contributed by atoms with van der Waals surface area (Å²) in [6.45, 7) is 0. The molecule has 0 saturated heterocycles. The Kier molecular flexibility index (Phi) is 5.14. The number of hydrogen-bond donors (Lipinski definition) is 1. The van der Waals surface area contributed by atoms with Gasteiger partial charge in [0.1, 0.15) is 0 Å². The number of benzene rings is 8. The molecule has 0 fully saturated rings. The lowest BCUT2D eigenvalue weighted by Gasteiger charge is -2.11. The molecule has 0 amide bonds. The zero-order chi connectivity index (χ0) is 31.3. The molecular weight excluding hydrogens is 581 g/mol. The molecule has 0 bridgehead atoms. The summed E-state index contributed by atoms with van der Waals surface area (Å²) in [5.74, 6) is 0. The maximum atomic E-state index is 3.77. The quantitative estimate of drug-likeness (QED) is 0.206. The van der Waals surface area contributed by atoms with Crippen LogP contribution in [-0.2, 0) is 0 Å². The van der Waals surface area contributed by atoms with Gasteiger partial charge in [-0.05, 0) is 104 Å². The van der Waals surface area contributed by atoms with Gasteiger partial charge in [0, 0.05) is 38.3 Å². The molecule has 11 rings (SSSR count). The van der Waals surface area contributed by atoms with E-state index in [0.29, 0.717) is 0 Å². The number of aromatic amines is 1. The first kappa shape index (κ1) is 25.8. The number of nitrogens with zero attached hydrogens (tertiary/aromatic N) is 1. The lowest BCUT2D eigenvalue weighted by molar-refractivity contribution is 1.18. The number of H-pyrrole nitrogens is 1. The van der Waals surface area contributed by atoms with E-state index in [0.717, 1.165) is 0 Å². The molecule has 2 aromatic heterocycles. The van der Waals surface area contributed by atoms with Crippen LogP contribution >= 0.6 is 0 Å². The predicted molar refractivity (Wildman–Crippen MR) is 203 cm³/mol. The second-order valence-electron chi connectivity index (χ2n) is 13.0. The summed E-state index contributed by atoms with van der Waals surface area (Å²) in [4.78, 5) is 3.77. The van der Waals surface area contributed by atoms with Crippen LogP contribution in [0.2, 0.25) is 0 Å². The lowest BCUT2D eigenvalue weighted by atomic mass is 9.96. The van der Waals surface area contributed by atoms with Crippen molar-refractivity contribution in [2.45, 2.75) is 0 Å². The Hall–Kier alpha value is -6.38. The van der Waals surface area contributed by atoms with E-state index in [1.165, 1.54) is 105 Å². The van der Waals surface area contributed by atoms with Crippen molar-refractivity contribution in [3.63, 3.8) is 0 Å². The van der Waals surface area contributed by atoms with Gasteiger partial charge in [-0.1, -0.05) is 115 Å². The monoisotopic (exact) mass is 608 g/mol. The first-order valence-electron chi connectivity index (χ1n) is 16.6. The molecule has 2 nitrogen and oxygen atoms in total. The molecule has 2 heterocycles. The number of nitrogens with one attached hydrogen (secondary N) is 1. The number of fused-ring (bicyclic) bond motifs is 10. The normalized spacial score (nSPS) is 12.2. The van der Waals surface area contributed by atoms with Crippen molar-refractivity contribution in [2.24, 2.45) is 0 Å². The fraction of sp³-hybridized carbons (Fsp3) is 0. The maximum Gasteiger partial charge on any atom is 0.0541 e. The van der Waals surface area contributed by atoms with E-state index < -0.39 is 0 Å². The Morgan fingerprint density at radius 3 is 1.88 bits per heavy atom. The van der Waals surface area contributed by atoms with E-state index in [9.17, 15) is 0 Å². The van der Waals surface area contributed by atoms with Crippen molar-refractivity contribution in [2.75, 3.05) is 0 Å². The van der Waals surface area contributed by atoms with Gasteiger partial charge in [-0.2, -0.15) is 0 Å². The molecule has 8 aromatic carbocycles. The number of hydrogen-bond acceptors (Lipinski definition) is 0. The Morgan fingerprint density at radius 1 is 0.333 bits per heavy atom. The summed E-state index contributed by atoms with van der Waals surface area (Å²) in [5.41, 5.74) is 16.1. The summed E-state index contributed by atoms with van der Waals surface area (Å²) in [6, 6.07) is 60.1. The van der Waals surface area contributed by atoms with Crippen molar-refractivity contribution in [1.82, 2.24) is 9.55 Å². The van der Waals surface area contributed by atoms with E-state index in [-0.39, 0.29) is 0 Å². The molecular formula is C46H28N2. The highest BCUT2D eigenvalue weighted by Gasteiger charge is 2.23. The summed E-state index contributed by atoms with van der Waals surface area (Å²) in [5, 5.41) is 7.77. The topological polar surface area (TPSA) is 20.7 Å². The smallest absolute Gasteiger partial charge is 0.0541 e. The SMILES string of the molecule is c1ccc(-c2cccc(-n3c4ccccc4c4cc(-c5ccc6[nH]c7cc8c9c(cccc9c7c6c5)-c5ccccc5-8)ccc43)c2)cc1. The number of para-hydroxylation sites is 1. The molecule has 0 radical (unpaired) electrons. The van der Waals surface area contributed by atoms with Gasteiger partial charge in [0.2, 0.25) is 0 Å². The van der Waals surface area contributed by atoms with Crippen LogP contribution in [0.1, 0.15) is 0 Å². The summed E-state index contributed by atoms with van der Waals surface area (Å²) in [7, 11) is 0. The zero-order valence-electron chi connectivity index (χ0n) is 26.0. The van der Waals surface area contributed by atoms with E-state index in [2.05, 4.69) is 173 Å². The van der Waals surface area contributed by atoms with E-state index in [1.807, 2.05) is 0 Å². The van der Waals surface area contributed by atoms with Gasteiger partial charge in [0.05, 0.1) is 11.0 Å². The molecule has 222 valence electrons. The molecule has 1 aliphatic rings. The van der Waals surface area contributed by atoms with Crippen molar-refractivity contribution >= 4 is 54.4 Å². The number of aromatic nitrogens is 2. The van der Waals surface area contributed by atoms with Crippen LogP contribution in [0, 0.1) is 0 Å². The maximum absolute atomic E-state index is 3.77. The molecule has 2 heteroatoms. The zero-order valence-corrected chi connectivity index (χ0v) is 26.0. The van der Waals surface area contributed by atoms with E-state index >= 15 is 0 Å². The van der Waals surface area contributed by atoms with Crippen LogP contribution in [0.4, 0.5) is 0 Å². The largest absolute Gasteiger partial charge is 0.354 e. The summed E-state index contributed by atoms with van der Waals surface area (Å²) >= 11 is 0. The van der Waals surface area contributed by atoms with Gasteiger partial charge < -0.3 is 9.55 Å². The Morgan fingerprint density at radius 2 is 0.979 bits per heavy atom. The van der Waals surface area contributed by atoms with Crippen LogP contribution < -0.4 is 0 Å². The molecule has 0 saturated carbocycles. The third kappa shape index (κ3) is 3.52.